The van der Waals surface area contributed by atoms with E-state index in [1.165, 1.54) is 11.3 Å². The predicted octanol–water partition coefficient (Wildman–Crippen LogP) is 2.63. The molecule has 0 aromatic carbocycles. The van der Waals surface area contributed by atoms with Crippen molar-refractivity contribution in [2.45, 2.75) is 44.6 Å². The summed E-state index contributed by atoms with van der Waals surface area (Å²) in [4.78, 5) is 4.35. The number of hydrogen-bond acceptors (Lipinski definition) is 7. The third-order valence-corrected chi connectivity index (χ3v) is 6.01. The zero-order valence-electron chi connectivity index (χ0n) is 11.8. The fraction of sp³-hybridized carbons (Fsp3) is 0.583. The Morgan fingerprint density at radius 3 is 2.50 bits per heavy atom. The molecule has 2 aromatic heterocycles. The maximum atomic E-state index is 12.3. The molecule has 2 heterocycles. The molecule has 0 spiro atoms. The van der Waals surface area contributed by atoms with Crippen LogP contribution in [-0.4, -0.2) is 23.6 Å². The molecule has 110 valence electrons. The summed E-state index contributed by atoms with van der Waals surface area (Å²) in [6.07, 6.45) is 0. The molecule has 0 aliphatic heterocycles. The van der Waals surface area contributed by atoms with Gasteiger partial charge < -0.3 is 4.42 Å². The van der Waals surface area contributed by atoms with Gasteiger partial charge in [-0.05, 0) is 6.92 Å². The summed E-state index contributed by atoms with van der Waals surface area (Å²) in [6.45, 7) is 7.24. The third-order valence-electron chi connectivity index (χ3n) is 2.84. The van der Waals surface area contributed by atoms with Crippen LogP contribution in [0.15, 0.2) is 9.80 Å². The average molecular weight is 315 g/mol. The average Bonchev–Trinajstić information content (AvgIpc) is 2.96. The highest BCUT2D eigenvalue weighted by Gasteiger charge is 2.28. The molecule has 6 nitrogen and oxygen atoms in total. The van der Waals surface area contributed by atoms with E-state index in [0.717, 1.165) is 5.01 Å². The predicted molar refractivity (Wildman–Crippen MR) is 76.3 cm³/mol. The van der Waals surface area contributed by atoms with Crippen molar-refractivity contribution in [1.82, 2.24) is 15.2 Å². The molecule has 0 aliphatic carbocycles. The number of aryl methyl sites for hydroxylation is 1. The van der Waals surface area contributed by atoms with Crippen LogP contribution < -0.4 is 0 Å². The van der Waals surface area contributed by atoms with Gasteiger partial charge in [-0.1, -0.05) is 13.8 Å². The van der Waals surface area contributed by atoms with Gasteiger partial charge in [-0.15, -0.1) is 21.5 Å². The lowest BCUT2D eigenvalue weighted by Crippen LogP contribution is -2.13. The standard InChI is InChI=1S/C12H17N3O3S2/c1-7(2)12-13-10(5-19-12)6-20(16,17)8(3)11-15-14-9(4)18-11/h5,7-8H,6H2,1-4H3. The molecule has 8 heteroatoms. The van der Waals surface area contributed by atoms with E-state index in [1.54, 1.807) is 19.2 Å². The molecule has 0 saturated heterocycles. The van der Waals surface area contributed by atoms with Gasteiger partial charge in [0.1, 0.15) is 5.25 Å². The minimum Gasteiger partial charge on any atom is -0.424 e. The number of rotatable bonds is 5. The van der Waals surface area contributed by atoms with Crippen LogP contribution in [0.3, 0.4) is 0 Å². The Bertz CT molecular complexity index is 688. The van der Waals surface area contributed by atoms with E-state index in [1.807, 2.05) is 13.8 Å². The monoisotopic (exact) mass is 315 g/mol. The van der Waals surface area contributed by atoms with Crippen molar-refractivity contribution in [3.05, 3.63) is 27.9 Å². The van der Waals surface area contributed by atoms with E-state index in [0.29, 0.717) is 17.5 Å². The highest BCUT2D eigenvalue weighted by atomic mass is 32.2. The van der Waals surface area contributed by atoms with Crippen molar-refractivity contribution >= 4 is 21.2 Å². The van der Waals surface area contributed by atoms with E-state index in [2.05, 4.69) is 15.2 Å². The van der Waals surface area contributed by atoms with Gasteiger partial charge >= 0.3 is 0 Å². The van der Waals surface area contributed by atoms with Crippen molar-refractivity contribution in [3.63, 3.8) is 0 Å². The second kappa shape index (κ2) is 5.61. The summed E-state index contributed by atoms with van der Waals surface area (Å²) in [5, 5.41) is 9.34. The second-order valence-electron chi connectivity index (χ2n) is 4.94. The first-order valence-corrected chi connectivity index (χ1v) is 8.85. The van der Waals surface area contributed by atoms with E-state index >= 15 is 0 Å². The molecule has 0 aliphatic rings. The fourth-order valence-corrected chi connectivity index (χ4v) is 3.77. The van der Waals surface area contributed by atoms with Crippen LogP contribution in [0.5, 0.6) is 0 Å². The van der Waals surface area contributed by atoms with Crippen LogP contribution >= 0.6 is 11.3 Å². The molecule has 0 amide bonds. The first-order chi connectivity index (χ1) is 9.29. The number of sulfone groups is 1. The minimum absolute atomic E-state index is 0.112. The number of aromatic nitrogens is 3. The Balaban J connectivity index is 2.18. The van der Waals surface area contributed by atoms with Crippen LogP contribution in [0.4, 0.5) is 0 Å². The van der Waals surface area contributed by atoms with Crippen LogP contribution in [-0.2, 0) is 15.6 Å². The van der Waals surface area contributed by atoms with Crippen LogP contribution in [0.1, 0.15) is 54.4 Å². The molecule has 0 fully saturated rings. The maximum Gasteiger partial charge on any atom is 0.234 e. The van der Waals surface area contributed by atoms with Gasteiger partial charge in [-0.2, -0.15) is 0 Å². The number of thiazole rings is 1. The molecule has 20 heavy (non-hydrogen) atoms. The minimum atomic E-state index is -3.42. The highest BCUT2D eigenvalue weighted by molar-refractivity contribution is 7.90. The zero-order chi connectivity index (χ0) is 14.9. The summed E-state index contributed by atoms with van der Waals surface area (Å²) in [5.41, 5.74) is 0.571. The quantitative estimate of drug-likeness (QED) is 0.843. The largest absolute Gasteiger partial charge is 0.424 e. The molecule has 0 saturated carbocycles. The Kier molecular flexibility index (Phi) is 4.24. The molecule has 2 rings (SSSR count). The van der Waals surface area contributed by atoms with E-state index in [4.69, 9.17) is 4.42 Å². The third kappa shape index (κ3) is 3.24. The molecule has 0 radical (unpaired) electrons. The van der Waals surface area contributed by atoms with Crippen LogP contribution in [0.2, 0.25) is 0 Å². The van der Waals surface area contributed by atoms with Crippen molar-refractivity contribution < 1.29 is 12.8 Å². The zero-order valence-corrected chi connectivity index (χ0v) is 13.5. The lowest BCUT2D eigenvalue weighted by atomic mass is 10.2. The summed E-state index contributed by atoms with van der Waals surface area (Å²) in [7, 11) is -3.42. The molecule has 0 N–H and O–H groups in total. The summed E-state index contributed by atoms with van der Waals surface area (Å²) in [6, 6.07) is 0. The normalized spacial score (nSPS) is 13.8. The van der Waals surface area contributed by atoms with E-state index in [9.17, 15) is 8.42 Å². The van der Waals surface area contributed by atoms with Gasteiger partial charge in [-0.25, -0.2) is 13.4 Å². The van der Waals surface area contributed by atoms with Gasteiger partial charge in [0, 0.05) is 18.2 Å². The lowest BCUT2D eigenvalue weighted by Gasteiger charge is -2.07. The van der Waals surface area contributed by atoms with Crippen LogP contribution in [0.25, 0.3) is 0 Å². The summed E-state index contributed by atoms with van der Waals surface area (Å²) >= 11 is 1.48. The molecule has 2 aromatic rings. The van der Waals surface area contributed by atoms with Gasteiger partial charge in [0.2, 0.25) is 11.8 Å². The van der Waals surface area contributed by atoms with Gasteiger partial charge in [0.25, 0.3) is 0 Å². The van der Waals surface area contributed by atoms with Crippen molar-refractivity contribution in [3.8, 4) is 0 Å². The van der Waals surface area contributed by atoms with Crippen molar-refractivity contribution in [2.75, 3.05) is 0 Å². The lowest BCUT2D eigenvalue weighted by molar-refractivity contribution is 0.461. The SMILES string of the molecule is Cc1nnc(C(C)S(=O)(=O)Cc2csc(C(C)C)n2)o1. The molecule has 1 unspecified atom stereocenters. The van der Waals surface area contributed by atoms with E-state index < -0.39 is 15.1 Å². The smallest absolute Gasteiger partial charge is 0.234 e. The molecular formula is C12H17N3O3S2. The fourth-order valence-electron chi connectivity index (χ4n) is 1.61. The number of hydrogen-bond donors (Lipinski definition) is 0. The van der Waals surface area contributed by atoms with Gasteiger partial charge in [0.05, 0.1) is 16.5 Å². The second-order valence-corrected chi connectivity index (χ2v) is 8.15. The first kappa shape index (κ1) is 15.1. The maximum absolute atomic E-state index is 12.3. The topological polar surface area (TPSA) is 86.0 Å². The summed E-state index contributed by atoms with van der Waals surface area (Å²) < 4.78 is 29.8. The molecule has 0 bridgehead atoms. The Labute approximate surface area is 122 Å². The summed E-state index contributed by atoms with van der Waals surface area (Å²) in [5.74, 6) is 0.672. The first-order valence-electron chi connectivity index (χ1n) is 6.25. The van der Waals surface area contributed by atoms with Gasteiger partial charge in [0.15, 0.2) is 9.84 Å². The van der Waals surface area contributed by atoms with Crippen molar-refractivity contribution in [2.24, 2.45) is 0 Å². The van der Waals surface area contributed by atoms with Gasteiger partial charge in [-0.3, -0.25) is 0 Å². The Morgan fingerprint density at radius 2 is 2.00 bits per heavy atom. The Morgan fingerprint density at radius 1 is 1.30 bits per heavy atom. The molecule has 1 atom stereocenters. The van der Waals surface area contributed by atoms with Crippen molar-refractivity contribution in [1.29, 1.82) is 0 Å². The highest BCUT2D eigenvalue weighted by Crippen LogP contribution is 2.26. The van der Waals surface area contributed by atoms with Crippen LogP contribution in [0, 0.1) is 6.92 Å². The number of nitrogens with zero attached hydrogens (tertiary/aromatic N) is 3. The molecular weight excluding hydrogens is 298 g/mol. The Hall–Kier alpha value is -1.28. The van der Waals surface area contributed by atoms with E-state index in [-0.39, 0.29) is 11.6 Å².